The Morgan fingerprint density at radius 2 is 1.93 bits per heavy atom. The number of nitrogens with zero attached hydrogens (tertiary/aromatic N) is 1. The van der Waals surface area contributed by atoms with Crippen molar-refractivity contribution in [1.82, 2.24) is 10.6 Å². The summed E-state index contributed by atoms with van der Waals surface area (Å²) in [5.74, 6) is -0.737. The van der Waals surface area contributed by atoms with Gasteiger partial charge in [0.05, 0.1) is 17.6 Å². The van der Waals surface area contributed by atoms with E-state index in [0.717, 1.165) is 38.1 Å². The third kappa shape index (κ3) is 5.43. The standard InChI is InChI=1S/C19H23FN4O3S/c1-28(26,27)23-17-12-15(5-6-18(17)24-9-7-21-8-10-24)19(25)22-13-14-3-2-4-16(20)11-14/h2-6,11-12,21,23H,7-10,13H2,1H3,(H,22,25). The summed E-state index contributed by atoms with van der Waals surface area (Å²) in [6, 6.07) is 10.9. The van der Waals surface area contributed by atoms with Crippen LogP contribution in [0.25, 0.3) is 0 Å². The van der Waals surface area contributed by atoms with E-state index >= 15 is 0 Å². The number of hydrogen-bond acceptors (Lipinski definition) is 5. The number of benzene rings is 2. The van der Waals surface area contributed by atoms with E-state index < -0.39 is 10.0 Å². The quantitative estimate of drug-likeness (QED) is 0.677. The molecule has 2 aromatic rings. The molecule has 1 fully saturated rings. The lowest BCUT2D eigenvalue weighted by Gasteiger charge is -2.31. The maximum Gasteiger partial charge on any atom is 0.251 e. The van der Waals surface area contributed by atoms with E-state index in [0.29, 0.717) is 16.8 Å². The molecule has 2 aromatic carbocycles. The van der Waals surface area contributed by atoms with Crippen LogP contribution in [0.3, 0.4) is 0 Å². The summed E-state index contributed by atoms with van der Waals surface area (Å²) in [7, 11) is -3.51. The number of sulfonamides is 1. The molecule has 0 unspecified atom stereocenters. The van der Waals surface area contributed by atoms with Gasteiger partial charge in [-0.3, -0.25) is 9.52 Å². The second-order valence-electron chi connectivity index (χ2n) is 6.66. The SMILES string of the molecule is CS(=O)(=O)Nc1cc(C(=O)NCc2cccc(F)c2)ccc1N1CCNCC1. The molecule has 7 nitrogen and oxygen atoms in total. The van der Waals surface area contributed by atoms with Gasteiger partial charge in [0.1, 0.15) is 5.82 Å². The molecule has 1 heterocycles. The number of anilines is 2. The summed E-state index contributed by atoms with van der Waals surface area (Å²) in [6.07, 6.45) is 1.07. The molecule has 0 bridgehead atoms. The molecule has 0 saturated carbocycles. The van der Waals surface area contributed by atoms with E-state index in [9.17, 15) is 17.6 Å². The summed E-state index contributed by atoms with van der Waals surface area (Å²) < 4.78 is 39.3. The van der Waals surface area contributed by atoms with Gasteiger partial charge in [0.25, 0.3) is 5.91 Å². The molecule has 0 aromatic heterocycles. The largest absolute Gasteiger partial charge is 0.367 e. The highest BCUT2D eigenvalue weighted by Crippen LogP contribution is 2.28. The van der Waals surface area contributed by atoms with E-state index in [4.69, 9.17) is 0 Å². The zero-order valence-electron chi connectivity index (χ0n) is 15.5. The topological polar surface area (TPSA) is 90.5 Å². The number of amides is 1. The maximum absolute atomic E-state index is 13.3. The normalized spacial score (nSPS) is 14.6. The molecule has 1 aliphatic rings. The summed E-state index contributed by atoms with van der Waals surface area (Å²) >= 11 is 0. The minimum atomic E-state index is -3.51. The number of halogens is 1. The van der Waals surface area contributed by atoms with Crippen molar-refractivity contribution >= 4 is 27.3 Å². The van der Waals surface area contributed by atoms with Crippen molar-refractivity contribution in [3.8, 4) is 0 Å². The molecular formula is C19H23FN4O3S. The first-order chi connectivity index (χ1) is 13.3. The fourth-order valence-electron chi connectivity index (χ4n) is 3.07. The predicted octanol–water partition coefficient (Wildman–Crippen LogP) is 1.54. The highest BCUT2D eigenvalue weighted by Gasteiger charge is 2.18. The van der Waals surface area contributed by atoms with Gasteiger partial charge in [-0.05, 0) is 35.9 Å². The Bertz CT molecular complexity index is 959. The second kappa shape index (κ2) is 8.57. The van der Waals surface area contributed by atoms with Gasteiger partial charge in [-0.25, -0.2) is 12.8 Å². The van der Waals surface area contributed by atoms with E-state index in [1.165, 1.54) is 18.2 Å². The monoisotopic (exact) mass is 406 g/mol. The van der Waals surface area contributed by atoms with Crippen molar-refractivity contribution < 1.29 is 17.6 Å². The predicted molar refractivity (Wildman–Crippen MR) is 108 cm³/mol. The fraction of sp³-hybridized carbons (Fsp3) is 0.316. The van der Waals surface area contributed by atoms with Crippen LogP contribution in [0.2, 0.25) is 0 Å². The molecule has 28 heavy (non-hydrogen) atoms. The smallest absolute Gasteiger partial charge is 0.251 e. The Hall–Kier alpha value is -2.65. The van der Waals surface area contributed by atoms with Crippen LogP contribution in [0, 0.1) is 5.82 Å². The Morgan fingerprint density at radius 3 is 2.61 bits per heavy atom. The van der Waals surface area contributed by atoms with Crippen LogP contribution in [0.1, 0.15) is 15.9 Å². The Kier molecular flexibility index (Phi) is 6.15. The first-order valence-electron chi connectivity index (χ1n) is 8.92. The van der Waals surface area contributed by atoms with Crippen LogP contribution in [0.15, 0.2) is 42.5 Å². The molecule has 150 valence electrons. The minimum Gasteiger partial charge on any atom is -0.367 e. The Morgan fingerprint density at radius 1 is 1.18 bits per heavy atom. The van der Waals surface area contributed by atoms with Gasteiger partial charge in [-0.1, -0.05) is 12.1 Å². The van der Waals surface area contributed by atoms with Gasteiger partial charge in [0.15, 0.2) is 0 Å². The summed E-state index contributed by atoms with van der Waals surface area (Å²) in [4.78, 5) is 14.6. The first kappa shape index (κ1) is 20.1. The maximum atomic E-state index is 13.3. The average Bonchev–Trinajstić information content (AvgIpc) is 2.65. The molecule has 3 rings (SSSR count). The molecule has 9 heteroatoms. The number of carbonyl (C=O) groups excluding carboxylic acids is 1. The lowest BCUT2D eigenvalue weighted by atomic mass is 10.1. The van der Waals surface area contributed by atoms with Crippen LogP contribution in [-0.2, 0) is 16.6 Å². The Balaban J connectivity index is 1.80. The van der Waals surface area contributed by atoms with Gasteiger partial charge >= 0.3 is 0 Å². The van der Waals surface area contributed by atoms with Crippen molar-refractivity contribution in [2.75, 3.05) is 42.1 Å². The van der Waals surface area contributed by atoms with Crippen molar-refractivity contribution in [2.45, 2.75) is 6.54 Å². The van der Waals surface area contributed by atoms with Crippen LogP contribution in [-0.4, -0.2) is 46.8 Å². The summed E-state index contributed by atoms with van der Waals surface area (Å²) in [5, 5.41) is 5.97. The van der Waals surface area contributed by atoms with Gasteiger partial charge in [0.2, 0.25) is 10.0 Å². The molecule has 0 radical (unpaired) electrons. The van der Waals surface area contributed by atoms with Gasteiger partial charge in [-0.15, -0.1) is 0 Å². The summed E-state index contributed by atoms with van der Waals surface area (Å²) in [5.41, 5.74) is 2.05. The second-order valence-corrected chi connectivity index (χ2v) is 8.40. The van der Waals surface area contributed by atoms with Crippen LogP contribution >= 0.6 is 0 Å². The minimum absolute atomic E-state index is 0.172. The lowest BCUT2D eigenvalue weighted by Crippen LogP contribution is -2.43. The third-order valence-corrected chi connectivity index (χ3v) is 4.94. The number of hydrogen-bond donors (Lipinski definition) is 3. The molecule has 1 aliphatic heterocycles. The third-order valence-electron chi connectivity index (χ3n) is 4.35. The van der Waals surface area contributed by atoms with Gasteiger partial charge in [0, 0.05) is 38.3 Å². The molecule has 0 spiro atoms. The number of carbonyl (C=O) groups is 1. The Labute approximate surface area is 164 Å². The highest BCUT2D eigenvalue weighted by atomic mass is 32.2. The molecule has 1 amide bonds. The molecule has 0 atom stereocenters. The summed E-state index contributed by atoms with van der Waals surface area (Å²) in [6.45, 7) is 3.25. The van der Waals surface area contributed by atoms with E-state index in [2.05, 4.69) is 20.3 Å². The van der Waals surface area contributed by atoms with Gasteiger partial charge in [-0.2, -0.15) is 0 Å². The molecule has 3 N–H and O–H groups in total. The van der Waals surface area contributed by atoms with Crippen molar-refractivity contribution in [2.24, 2.45) is 0 Å². The van der Waals surface area contributed by atoms with Crippen LogP contribution in [0.5, 0.6) is 0 Å². The number of piperazine rings is 1. The zero-order chi connectivity index (χ0) is 20.1. The van der Waals surface area contributed by atoms with Crippen molar-refractivity contribution in [3.05, 3.63) is 59.4 Å². The van der Waals surface area contributed by atoms with Gasteiger partial charge < -0.3 is 15.5 Å². The van der Waals surface area contributed by atoms with Crippen LogP contribution in [0.4, 0.5) is 15.8 Å². The van der Waals surface area contributed by atoms with Crippen molar-refractivity contribution in [1.29, 1.82) is 0 Å². The van der Waals surface area contributed by atoms with E-state index in [1.54, 1.807) is 24.3 Å². The highest BCUT2D eigenvalue weighted by molar-refractivity contribution is 7.92. The molecule has 1 saturated heterocycles. The van der Waals surface area contributed by atoms with Crippen LogP contribution < -0.4 is 20.3 Å². The lowest BCUT2D eigenvalue weighted by molar-refractivity contribution is 0.0951. The number of nitrogens with one attached hydrogen (secondary N) is 3. The van der Waals surface area contributed by atoms with Crippen molar-refractivity contribution in [3.63, 3.8) is 0 Å². The average molecular weight is 406 g/mol. The molecular weight excluding hydrogens is 383 g/mol. The van der Waals surface area contributed by atoms with E-state index in [1.807, 2.05) is 0 Å². The fourth-order valence-corrected chi connectivity index (χ4v) is 3.63. The number of rotatable bonds is 6. The molecule has 0 aliphatic carbocycles. The first-order valence-corrected chi connectivity index (χ1v) is 10.8. The zero-order valence-corrected chi connectivity index (χ0v) is 16.4. The van der Waals surface area contributed by atoms with E-state index in [-0.39, 0.29) is 18.3 Å².